The second-order valence-electron chi connectivity index (χ2n) is 6.05. The molecule has 1 aromatic rings. The highest BCUT2D eigenvalue weighted by Crippen LogP contribution is 2.09. The van der Waals surface area contributed by atoms with Crippen molar-refractivity contribution in [1.29, 1.82) is 0 Å². The highest BCUT2D eigenvalue weighted by Gasteiger charge is 2.29. The van der Waals surface area contributed by atoms with Crippen molar-refractivity contribution in [2.75, 3.05) is 57.8 Å². The van der Waals surface area contributed by atoms with E-state index in [9.17, 15) is 9.59 Å². The quantitative estimate of drug-likeness (QED) is 0.731. The number of nitrogens with zero attached hydrogens (tertiary/aromatic N) is 3. The van der Waals surface area contributed by atoms with Gasteiger partial charge in [-0.25, -0.2) is 0 Å². The molecular weight excluding hydrogens is 314 g/mol. The third-order valence-corrected chi connectivity index (χ3v) is 4.17. The van der Waals surface area contributed by atoms with E-state index in [2.05, 4.69) is 15.8 Å². The lowest BCUT2D eigenvalue weighted by atomic mass is 10.2. The van der Waals surface area contributed by atoms with E-state index >= 15 is 0 Å². The first-order valence-corrected chi connectivity index (χ1v) is 8.17. The molecule has 2 aliphatic heterocycles. The van der Waals surface area contributed by atoms with Crippen molar-refractivity contribution in [3.63, 3.8) is 0 Å². The number of morpholine rings is 1. The zero-order valence-corrected chi connectivity index (χ0v) is 13.8. The Morgan fingerprint density at radius 2 is 2.17 bits per heavy atom. The Kier molecular flexibility index (Phi) is 5.44. The van der Waals surface area contributed by atoms with Crippen molar-refractivity contribution >= 4 is 17.6 Å². The Hall–Kier alpha value is -1.97. The van der Waals surface area contributed by atoms with E-state index in [0.29, 0.717) is 57.5 Å². The molecule has 2 fully saturated rings. The molecule has 2 N–H and O–H groups in total. The number of piperazine rings is 1. The minimum absolute atomic E-state index is 0.0804. The van der Waals surface area contributed by atoms with Crippen LogP contribution in [0, 0.1) is 6.92 Å². The van der Waals surface area contributed by atoms with Crippen LogP contribution in [0.2, 0.25) is 0 Å². The summed E-state index contributed by atoms with van der Waals surface area (Å²) in [6.07, 6.45) is 0. The van der Waals surface area contributed by atoms with Crippen molar-refractivity contribution in [3.8, 4) is 0 Å². The molecule has 3 heterocycles. The van der Waals surface area contributed by atoms with Gasteiger partial charge in [0.05, 0.1) is 19.8 Å². The third-order valence-electron chi connectivity index (χ3n) is 4.17. The van der Waals surface area contributed by atoms with Crippen LogP contribution in [0.5, 0.6) is 0 Å². The number of ether oxygens (including phenoxy) is 1. The van der Waals surface area contributed by atoms with Gasteiger partial charge in [0.15, 0.2) is 5.82 Å². The molecule has 0 aromatic carbocycles. The zero-order valence-electron chi connectivity index (χ0n) is 13.8. The van der Waals surface area contributed by atoms with Gasteiger partial charge in [-0.15, -0.1) is 0 Å². The number of aryl methyl sites for hydroxylation is 1. The minimum atomic E-state index is -0.246. The summed E-state index contributed by atoms with van der Waals surface area (Å²) in [6, 6.07) is 1.43. The van der Waals surface area contributed by atoms with E-state index < -0.39 is 0 Å². The minimum Gasteiger partial charge on any atom is -0.378 e. The fraction of sp³-hybridized carbons (Fsp3) is 0.667. The van der Waals surface area contributed by atoms with Crippen LogP contribution in [0.1, 0.15) is 5.76 Å². The van der Waals surface area contributed by atoms with Crippen LogP contribution in [-0.4, -0.2) is 85.3 Å². The van der Waals surface area contributed by atoms with Gasteiger partial charge in [0.2, 0.25) is 11.8 Å². The summed E-state index contributed by atoms with van der Waals surface area (Å²) in [6.45, 7) is 6.41. The standard InChI is InChI=1S/C15H23N5O4/c1-11-8-13(18-24-11)17-14(21)9-19-3-5-20(6-4-19)15(22)12-10-23-7-2-16-12/h8,12,16H,2-7,9-10H2,1H3,(H,17,18,21). The van der Waals surface area contributed by atoms with Crippen molar-refractivity contribution in [2.24, 2.45) is 0 Å². The number of anilines is 1. The molecule has 2 aliphatic rings. The third kappa shape index (κ3) is 4.31. The molecule has 2 amide bonds. The van der Waals surface area contributed by atoms with Gasteiger partial charge in [0.25, 0.3) is 0 Å². The van der Waals surface area contributed by atoms with Crippen LogP contribution in [0.4, 0.5) is 5.82 Å². The van der Waals surface area contributed by atoms with E-state index in [1.807, 2.05) is 9.80 Å². The van der Waals surface area contributed by atoms with E-state index in [4.69, 9.17) is 9.26 Å². The smallest absolute Gasteiger partial charge is 0.242 e. The molecule has 3 rings (SSSR count). The Bertz CT molecular complexity index is 576. The van der Waals surface area contributed by atoms with E-state index in [0.717, 1.165) is 0 Å². The fourth-order valence-corrected chi connectivity index (χ4v) is 2.88. The normalized spacial score (nSPS) is 22.4. The van der Waals surface area contributed by atoms with Gasteiger partial charge in [0, 0.05) is 38.8 Å². The molecule has 0 bridgehead atoms. The first-order chi connectivity index (χ1) is 11.6. The maximum Gasteiger partial charge on any atom is 0.242 e. The monoisotopic (exact) mass is 337 g/mol. The molecule has 0 saturated carbocycles. The van der Waals surface area contributed by atoms with Crippen LogP contribution >= 0.6 is 0 Å². The van der Waals surface area contributed by atoms with Gasteiger partial charge in [-0.1, -0.05) is 5.16 Å². The van der Waals surface area contributed by atoms with E-state index in [1.54, 1.807) is 13.0 Å². The van der Waals surface area contributed by atoms with E-state index in [-0.39, 0.29) is 24.4 Å². The number of amides is 2. The Morgan fingerprint density at radius 3 is 2.79 bits per heavy atom. The van der Waals surface area contributed by atoms with Crippen LogP contribution in [-0.2, 0) is 14.3 Å². The predicted molar refractivity (Wildman–Crippen MR) is 85.5 cm³/mol. The molecule has 1 aromatic heterocycles. The number of hydrogen-bond donors (Lipinski definition) is 2. The fourth-order valence-electron chi connectivity index (χ4n) is 2.88. The molecule has 0 radical (unpaired) electrons. The number of carbonyl (C=O) groups excluding carboxylic acids is 2. The number of aromatic nitrogens is 1. The Balaban J connectivity index is 1.41. The van der Waals surface area contributed by atoms with Crippen molar-refractivity contribution in [3.05, 3.63) is 11.8 Å². The largest absolute Gasteiger partial charge is 0.378 e. The summed E-state index contributed by atoms with van der Waals surface area (Å²) < 4.78 is 10.3. The van der Waals surface area contributed by atoms with Gasteiger partial charge >= 0.3 is 0 Å². The zero-order chi connectivity index (χ0) is 16.9. The maximum absolute atomic E-state index is 12.4. The summed E-state index contributed by atoms with van der Waals surface area (Å²) in [5.41, 5.74) is 0. The molecule has 0 aliphatic carbocycles. The summed E-state index contributed by atoms with van der Waals surface area (Å²) in [7, 11) is 0. The van der Waals surface area contributed by atoms with Crippen molar-refractivity contribution in [2.45, 2.75) is 13.0 Å². The molecular formula is C15H23N5O4. The number of carbonyl (C=O) groups is 2. The molecule has 1 atom stereocenters. The molecule has 9 heteroatoms. The van der Waals surface area contributed by atoms with Crippen LogP contribution in [0.15, 0.2) is 10.6 Å². The van der Waals surface area contributed by atoms with Gasteiger partial charge in [0.1, 0.15) is 11.8 Å². The topological polar surface area (TPSA) is 99.9 Å². The highest BCUT2D eigenvalue weighted by atomic mass is 16.5. The van der Waals surface area contributed by atoms with Crippen LogP contribution in [0.3, 0.4) is 0 Å². The summed E-state index contributed by atoms with van der Waals surface area (Å²) in [4.78, 5) is 28.3. The molecule has 132 valence electrons. The van der Waals surface area contributed by atoms with Gasteiger partial charge < -0.3 is 24.8 Å². The first kappa shape index (κ1) is 16.9. The Morgan fingerprint density at radius 1 is 1.38 bits per heavy atom. The van der Waals surface area contributed by atoms with Crippen molar-refractivity contribution < 1.29 is 18.8 Å². The summed E-state index contributed by atoms with van der Waals surface area (Å²) in [5.74, 6) is 1.02. The van der Waals surface area contributed by atoms with Crippen molar-refractivity contribution in [1.82, 2.24) is 20.3 Å². The van der Waals surface area contributed by atoms with Crippen LogP contribution < -0.4 is 10.6 Å². The van der Waals surface area contributed by atoms with Gasteiger partial charge in [-0.3, -0.25) is 14.5 Å². The molecule has 24 heavy (non-hydrogen) atoms. The lowest BCUT2D eigenvalue weighted by Gasteiger charge is -2.36. The number of rotatable bonds is 4. The maximum atomic E-state index is 12.4. The van der Waals surface area contributed by atoms with Gasteiger partial charge in [-0.05, 0) is 6.92 Å². The second kappa shape index (κ2) is 7.73. The number of nitrogens with one attached hydrogen (secondary N) is 2. The van der Waals surface area contributed by atoms with Gasteiger partial charge in [-0.2, -0.15) is 0 Å². The highest BCUT2D eigenvalue weighted by molar-refractivity contribution is 5.91. The molecule has 2 saturated heterocycles. The van der Waals surface area contributed by atoms with Crippen LogP contribution in [0.25, 0.3) is 0 Å². The molecule has 9 nitrogen and oxygen atoms in total. The lowest BCUT2D eigenvalue weighted by molar-refractivity contribution is -0.138. The second-order valence-corrected chi connectivity index (χ2v) is 6.05. The summed E-state index contributed by atoms with van der Waals surface area (Å²) >= 11 is 0. The average Bonchev–Trinajstić information content (AvgIpc) is 3.00. The Labute approximate surface area is 140 Å². The SMILES string of the molecule is Cc1cc(NC(=O)CN2CCN(C(=O)C3COCCN3)CC2)no1. The number of hydrogen-bond acceptors (Lipinski definition) is 7. The molecule has 1 unspecified atom stereocenters. The summed E-state index contributed by atoms with van der Waals surface area (Å²) in [5, 5.41) is 9.62. The van der Waals surface area contributed by atoms with E-state index in [1.165, 1.54) is 0 Å². The predicted octanol–water partition coefficient (Wildman–Crippen LogP) is -0.946. The first-order valence-electron chi connectivity index (χ1n) is 8.17. The molecule has 0 spiro atoms. The average molecular weight is 337 g/mol. The lowest BCUT2D eigenvalue weighted by Crippen LogP contribution is -2.57.